The van der Waals surface area contributed by atoms with Crippen molar-refractivity contribution >= 4 is 36.1 Å². The molecule has 0 bridgehead atoms. The molecule has 0 fully saturated rings. The predicted molar refractivity (Wildman–Crippen MR) is 158 cm³/mol. The Hall–Kier alpha value is -4.92. The third-order valence-corrected chi connectivity index (χ3v) is 6.87. The third kappa shape index (κ3) is 10.9. The summed E-state index contributed by atoms with van der Waals surface area (Å²) in [6.07, 6.45) is 2.73. The maximum atomic E-state index is 12.9. The van der Waals surface area contributed by atoms with E-state index in [2.05, 4.69) is 16.0 Å². The lowest BCUT2D eigenvalue weighted by molar-refractivity contribution is -0.168. The largest absolute Gasteiger partial charge is 0.494 e. The molecular formula is C30H40N4O11. The molecule has 1 aromatic heterocycles. The van der Waals surface area contributed by atoms with E-state index in [-0.39, 0.29) is 42.5 Å². The van der Waals surface area contributed by atoms with Gasteiger partial charge in [0.15, 0.2) is 5.76 Å². The quantitative estimate of drug-likeness (QED) is 0.0409. The Balaban J connectivity index is 2.16. The van der Waals surface area contributed by atoms with Crippen molar-refractivity contribution in [3.8, 4) is 17.1 Å². The van der Waals surface area contributed by atoms with Crippen LogP contribution in [0.1, 0.15) is 80.2 Å². The number of furan rings is 1. The van der Waals surface area contributed by atoms with E-state index in [9.17, 15) is 39.1 Å². The van der Waals surface area contributed by atoms with Gasteiger partial charge in [0, 0.05) is 11.1 Å². The molecule has 4 amide bonds. The molecule has 15 heteroatoms. The molecule has 0 spiro atoms. The second-order valence-electron chi connectivity index (χ2n) is 10.1. The van der Waals surface area contributed by atoms with Gasteiger partial charge in [0.25, 0.3) is 11.8 Å². The second kappa shape index (κ2) is 18.0. The average Bonchev–Trinajstić information content (AvgIpc) is 3.50. The number of hydrogen-bond acceptors (Lipinski definition) is 9. The molecule has 0 aliphatic rings. The number of nitrogens with zero attached hydrogens (tertiary/aromatic N) is 1. The lowest BCUT2D eigenvalue weighted by Gasteiger charge is -2.29. The first-order valence-corrected chi connectivity index (χ1v) is 14.6. The van der Waals surface area contributed by atoms with E-state index in [4.69, 9.17) is 14.3 Å². The molecule has 2 rings (SSSR count). The SMILES string of the molecule is CCCCCC(C(=O)NCNC(=O)c1ccc(-c2cc(OCC)cc(C(=O)NC(CC(=O)O)C(=O)O)c2)o1)C(CC)N(O)C=O. The Morgan fingerprint density at radius 3 is 2.33 bits per heavy atom. The van der Waals surface area contributed by atoms with E-state index in [0.717, 1.165) is 19.3 Å². The van der Waals surface area contributed by atoms with E-state index in [0.29, 0.717) is 23.5 Å². The zero-order valence-corrected chi connectivity index (χ0v) is 25.4. The Kier molecular flexibility index (Phi) is 14.5. The molecule has 0 radical (unpaired) electrons. The first kappa shape index (κ1) is 36.3. The van der Waals surface area contributed by atoms with Crippen LogP contribution in [-0.4, -0.2) is 81.9 Å². The number of hydroxylamine groups is 2. The molecule has 15 nitrogen and oxygen atoms in total. The highest BCUT2D eigenvalue weighted by molar-refractivity contribution is 5.99. The summed E-state index contributed by atoms with van der Waals surface area (Å²) in [6, 6.07) is 4.71. The fourth-order valence-corrected chi connectivity index (χ4v) is 4.63. The Labute approximate surface area is 259 Å². The second-order valence-corrected chi connectivity index (χ2v) is 10.1. The van der Waals surface area contributed by atoms with Crippen molar-refractivity contribution in [2.24, 2.45) is 5.92 Å². The molecule has 3 atom stereocenters. The number of carboxylic acid groups (broad SMARTS) is 2. The van der Waals surface area contributed by atoms with Crippen LogP contribution < -0.4 is 20.7 Å². The fourth-order valence-electron chi connectivity index (χ4n) is 4.63. The summed E-state index contributed by atoms with van der Waals surface area (Å²) >= 11 is 0. The number of carbonyl (C=O) groups is 6. The van der Waals surface area contributed by atoms with Gasteiger partial charge in [-0.05, 0) is 50.1 Å². The normalized spacial score (nSPS) is 12.7. The lowest BCUT2D eigenvalue weighted by Crippen LogP contribution is -2.47. The molecule has 3 unspecified atom stereocenters. The molecule has 45 heavy (non-hydrogen) atoms. The minimum Gasteiger partial charge on any atom is -0.494 e. The number of benzene rings is 1. The van der Waals surface area contributed by atoms with E-state index >= 15 is 0 Å². The maximum absolute atomic E-state index is 12.9. The van der Waals surface area contributed by atoms with Gasteiger partial charge in [-0.15, -0.1) is 0 Å². The van der Waals surface area contributed by atoms with Crippen molar-refractivity contribution in [1.29, 1.82) is 0 Å². The summed E-state index contributed by atoms with van der Waals surface area (Å²) in [5, 5.41) is 36.0. The predicted octanol–water partition coefficient (Wildman–Crippen LogP) is 2.63. The summed E-state index contributed by atoms with van der Waals surface area (Å²) in [6.45, 7) is 5.46. The van der Waals surface area contributed by atoms with E-state index < -0.39 is 54.1 Å². The van der Waals surface area contributed by atoms with Crippen LogP contribution in [0.15, 0.2) is 34.7 Å². The standard InChI is InChI=1S/C30H40N4O11/c1-4-7-8-9-21(23(5-2)34(43)17-35)28(39)31-16-32-29(40)25-11-10-24(45-25)18-12-19(14-20(13-18)44-6-3)27(38)33-22(30(41)42)15-26(36)37/h10-14,17,21-23,43H,4-9,15-16H2,1-3H3,(H,31,39)(H,32,40)(H,33,38)(H,36,37)(H,41,42). The van der Waals surface area contributed by atoms with Crippen LogP contribution in [0.2, 0.25) is 0 Å². The minimum absolute atomic E-state index is 0.0346. The van der Waals surface area contributed by atoms with Gasteiger partial charge in [0.1, 0.15) is 17.6 Å². The molecule has 1 heterocycles. The Morgan fingerprint density at radius 2 is 1.73 bits per heavy atom. The Bertz CT molecular complexity index is 1340. The van der Waals surface area contributed by atoms with Gasteiger partial charge >= 0.3 is 11.9 Å². The number of unbranched alkanes of at least 4 members (excludes halogenated alkanes) is 2. The summed E-state index contributed by atoms with van der Waals surface area (Å²) in [7, 11) is 0. The molecule has 246 valence electrons. The van der Waals surface area contributed by atoms with Crippen molar-refractivity contribution in [2.45, 2.75) is 71.4 Å². The molecular weight excluding hydrogens is 592 g/mol. The maximum Gasteiger partial charge on any atom is 0.326 e. The smallest absolute Gasteiger partial charge is 0.326 e. The van der Waals surface area contributed by atoms with Crippen LogP contribution >= 0.6 is 0 Å². The number of ether oxygens (including phenoxy) is 1. The van der Waals surface area contributed by atoms with Crippen LogP contribution in [0.4, 0.5) is 0 Å². The topological polar surface area (TPSA) is 225 Å². The number of carbonyl (C=O) groups excluding carboxylic acids is 4. The van der Waals surface area contributed by atoms with Crippen molar-refractivity contribution in [3.63, 3.8) is 0 Å². The van der Waals surface area contributed by atoms with Crippen molar-refractivity contribution in [1.82, 2.24) is 21.0 Å². The van der Waals surface area contributed by atoms with Crippen LogP contribution in [0.5, 0.6) is 5.75 Å². The first-order valence-electron chi connectivity index (χ1n) is 14.6. The summed E-state index contributed by atoms with van der Waals surface area (Å²) in [4.78, 5) is 72.1. The van der Waals surface area contributed by atoms with Gasteiger partial charge in [0.05, 0.1) is 31.7 Å². The number of amides is 4. The van der Waals surface area contributed by atoms with Gasteiger partial charge < -0.3 is 35.3 Å². The fraction of sp³-hybridized carbons (Fsp3) is 0.467. The van der Waals surface area contributed by atoms with Gasteiger partial charge in [0.2, 0.25) is 12.3 Å². The number of aliphatic carboxylic acids is 2. The van der Waals surface area contributed by atoms with Crippen molar-refractivity contribution in [3.05, 3.63) is 41.7 Å². The molecule has 1 aromatic carbocycles. The third-order valence-electron chi connectivity index (χ3n) is 6.87. The molecule has 0 saturated carbocycles. The summed E-state index contributed by atoms with van der Waals surface area (Å²) < 4.78 is 11.2. The molecule has 0 saturated heterocycles. The average molecular weight is 633 g/mol. The Morgan fingerprint density at radius 1 is 1.00 bits per heavy atom. The molecule has 2 aromatic rings. The lowest BCUT2D eigenvalue weighted by atomic mass is 9.90. The number of nitrogens with one attached hydrogen (secondary N) is 3. The van der Waals surface area contributed by atoms with E-state index in [1.54, 1.807) is 19.9 Å². The highest BCUT2D eigenvalue weighted by Crippen LogP contribution is 2.28. The molecule has 0 aliphatic heterocycles. The zero-order chi connectivity index (χ0) is 33.5. The molecule has 0 aliphatic carbocycles. The highest BCUT2D eigenvalue weighted by Gasteiger charge is 2.31. The van der Waals surface area contributed by atoms with Gasteiger partial charge in [-0.25, -0.2) is 9.86 Å². The highest BCUT2D eigenvalue weighted by atomic mass is 16.5. The monoisotopic (exact) mass is 632 g/mol. The molecule has 6 N–H and O–H groups in total. The van der Waals surface area contributed by atoms with Crippen molar-refractivity contribution in [2.75, 3.05) is 13.3 Å². The van der Waals surface area contributed by atoms with Gasteiger partial charge in [-0.1, -0.05) is 33.1 Å². The van der Waals surface area contributed by atoms with Crippen LogP contribution in [0.3, 0.4) is 0 Å². The minimum atomic E-state index is -1.67. The number of hydrogen-bond donors (Lipinski definition) is 6. The van der Waals surface area contributed by atoms with Crippen LogP contribution in [-0.2, 0) is 19.2 Å². The van der Waals surface area contributed by atoms with Crippen LogP contribution in [0, 0.1) is 5.92 Å². The van der Waals surface area contributed by atoms with Gasteiger partial charge in [-0.2, -0.15) is 0 Å². The zero-order valence-electron chi connectivity index (χ0n) is 25.4. The summed E-state index contributed by atoms with van der Waals surface area (Å²) in [5.41, 5.74) is 0.278. The van der Waals surface area contributed by atoms with Crippen LogP contribution in [0.25, 0.3) is 11.3 Å². The summed E-state index contributed by atoms with van der Waals surface area (Å²) in [5.74, 6) is -5.28. The van der Waals surface area contributed by atoms with E-state index in [1.807, 2.05) is 6.92 Å². The van der Waals surface area contributed by atoms with E-state index in [1.165, 1.54) is 24.3 Å². The van der Waals surface area contributed by atoms with Crippen molar-refractivity contribution < 1.29 is 53.3 Å². The number of carboxylic acids is 2. The first-order chi connectivity index (χ1) is 21.4. The van der Waals surface area contributed by atoms with Gasteiger partial charge in [-0.3, -0.25) is 29.2 Å². The number of rotatable bonds is 20.